The summed E-state index contributed by atoms with van der Waals surface area (Å²) in [6.07, 6.45) is 7.88. The van der Waals surface area contributed by atoms with Crippen molar-refractivity contribution < 1.29 is 9.13 Å². The van der Waals surface area contributed by atoms with Crippen LogP contribution in [0.3, 0.4) is 0 Å². The summed E-state index contributed by atoms with van der Waals surface area (Å²) in [6.45, 7) is 2.03. The van der Waals surface area contributed by atoms with E-state index < -0.39 is 5.82 Å². The molecule has 0 atom stereocenters. The van der Waals surface area contributed by atoms with Crippen LogP contribution in [0.25, 0.3) is 33.4 Å². The predicted molar refractivity (Wildman–Crippen MR) is 108 cm³/mol. The smallest absolute Gasteiger partial charge is 0.181 e. The number of H-pyrrole nitrogens is 1. The Morgan fingerprint density at radius 2 is 2.03 bits per heavy atom. The second kappa shape index (κ2) is 7.29. The van der Waals surface area contributed by atoms with Crippen molar-refractivity contribution in [3.63, 3.8) is 0 Å². The van der Waals surface area contributed by atoms with Gasteiger partial charge in [0.05, 0.1) is 25.0 Å². The average Bonchev–Trinajstić information content (AvgIpc) is 3.41. The van der Waals surface area contributed by atoms with E-state index in [1.54, 1.807) is 18.3 Å². The number of nitrogens with one attached hydrogen (secondary N) is 2. The molecule has 1 aliphatic heterocycles. The minimum absolute atomic E-state index is 0.183. The molecule has 29 heavy (non-hydrogen) atoms. The number of aromatic amines is 1. The van der Waals surface area contributed by atoms with Crippen molar-refractivity contribution in [2.24, 2.45) is 0 Å². The van der Waals surface area contributed by atoms with Crippen LogP contribution in [0.2, 0.25) is 0 Å². The number of pyridine rings is 1. The van der Waals surface area contributed by atoms with Crippen molar-refractivity contribution in [1.82, 2.24) is 30.3 Å². The van der Waals surface area contributed by atoms with Gasteiger partial charge in [0.15, 0.2) is 17.2 Å². The van der Waals surface area contributed by atoms with E-state index in [1.807, 2.05) is 16.9 Å². The van der Waals surface area contributed by atoms with Gasteiger partial charge in [-0.05, 0) is 44.1 Å². The molecule has 0 saturated carbocycles. The first-order valence-electron chi connectivity index (χ1n) is 9.67. The molecule has 7 nitrogen and oxygen atoms in total. The Bertz CT molecular complexity index is 1160. The summed E-state index contributed by atoms with van der Waals surface area (Å²) in [5.41, 5.74) is 3.80. The van der Waals surface area contributed by atoms with Gasteiger partial charge in [-0.15, -0.1) is 0 Å². The molecule has 5 rings (SSSR count). The largest absolute Gasteiger partial charge is 0.493 e. The molecule has 1 aliphatic rings. The van der Waals surface area contributed by atoms with Crippen LogP contribution < -0.4 is 10.1 Å². The van der Waals surface area contributed by atoms with Gasteiger partial charge in [0.1, 0.15) is 0 Å². The molecule has 1 fully saturated rings. The lowest BCUT2D eigenvalue weighted by Gasteiger charge is -2.22. The SMILES string of the molecule is COc1c(F)cccc1-c1[nH]nc2ncc(-c3cnn(C4CCNCC4)c3)cc12. The minimum Gasteiger partial charge on any atom is -0.493 e. The second-order valence-electron chi connectivity index (χ2n) is 7.20. The van der Waals surface area contributed by atoms with Crippen molar-refractivity contribution in [3.8, 4) is 28.1 Å². The number of aromatic nitrogens is 5. The third-order valence-corrected chi connectivity index (χ3v) is 5.47. The predicted octanol–water partition coefficient (Wildman–Crippen LogP) is 3.56. The molecule has 2 N–H and O–H groups in total. The lowest BCUT2D eigenvalue weighted by atomic mass is 10.0. The Balaban J connectivity index is 1.55. The standard InChI is InChI=1S/C21H21FN6O/c1-29-20-16(3-2-4-18(20)22)19-17-9-13(10-24-21(17)27-26-19)14-11-25-28(12-14)15-5-7-23-8-6-15/h2-4,9-12,15,23H,5-8H2,1H3,(H,24,26,27). The highest BCUT2D eigenvalue weighted by atomic mass is 19.1. The quantitative estimate of drug-likeness (QED) is 0.555. The fourth-order valence-corrected chi connectivity index (χ4v) is 3.93. The van der Waals surface area contributed by atoms with Crippen molar-refractivity contribution in [1.29, 1.82) is 0 Å². The number of methoxy groups -OCH3 is 1. The van der Waals surface area contributed by atoms with E-state index in [0.29, 0.717) is 22.9 Å². The summed E-state index contributed by atoms with van der Waals surface area (Å²) in [7, 11) is 1.46. The van der Waals surface area contributed by atoms with Crippen molar-refractivity contribution >= 4 is 11.0 Å². The molecule has 8 heteroatoms. The number of piperidine rings is 1. The van der Waals surface area contributed by atoms with Gasteiger partial charge in [-0.2, -0.15) is 10.2 Å². The van der Waals surface area contributed by atoms with Crippen LogP contribution in [0.4, 0.5) is 4.39 Å². The molecule has 0 bridgehead atoms. The van der Waals surface area contributed by atoms with E-state index in [4.69, 9.17) is 4.74 Å². The van der Waals surface area contributed by atoms with Gasteiger partial charge in [-0.3, -0.25) is 9.78 Å². The summed E-state index contributed by atoms with van der Waals surface area (Å²) < 4.78 is 21.5. The fraction of sp³-hybridized carbons (Fsp3) is 0.286. The second-order valence-corrected chi connectivity index (χ2v) is 7.20. The average molecular weight is 392 g/mol. The normalized spacial score (nSPS) is 15.1. The number of fused-ring (bicyclic) bond motifs is 1. The molecular weight excluding hydrogens is 371 g/mol. The van der Waals surface area contributed by atoms with Crippen molar-refractivity contribution in [3.05, 3.63) is 48.7 Å². The van der Waals surface area contributed by atoms with Gasteiger partial charge in [0.2, 0.25) is 0 Å². The molecule has 148 valence electrons. The molecule has 0 aliphatic carbocycles. The maximum Gasteiger partial charge on any atom is 0.181 e. The molecule has 0 amide bonds. The number of hydrogen-bond acceptors (Lipinski definition) is 5. The molecule has 4 heterocycles. The molecule has 0 unspecified atom stereocenters. The van der Waals surface area contributed by atoms with Gasteiger partial charge < -0.3 is 10.1 Å². The van der Waals surface area contributed by atoms with E-state index in [0.717, 1.165) is 42.4 Å². The molecule has 4 aromatic rings. The summed E-state index contributed by atoms with van der Waals surface area (Å²) in [5.74, 6) is -0.234. The number of rotatable bonds is 4. The third kappa shape index (κ3) is 3.15. The third-order valence-electron chi connectivity index (χ3n) is 5.47. The van der Waals surface area contributed by atoms with Crippen molar-refractivity contribution in [2.75, 3.05) is 20.2 Å². The number of nitrogens with zero attached hydrogens (tertiary/aromatic N) is 4. The molecule has 1 aromatic carbocycles. The maximum atomic E-state index is 14.2. The summed E-state index contributed by atoms with van der Waals surface area (Å²) >= 11 is 0. The van der Waals surface area contributed by atoms with Gasteiger partial charge in [0, 0.05) is 34.5 Å². The van der Waals surface area contributed by atoms with Gasteiger partial charge >= 0.3 is 0 Å². The van der Waals surface area contributed by atoms with Crippen LogP contribution in [-0.2, 0) is 0 Å². The topological polar surface area (TPSA) is 80.7 Å². The molecular formula is C21H21FN6O. The summed E-state index contributed by atoms with van der Waals surface area (Å²) in [6, 6.07) is 7.26. The zero-order valence-electron chi connectivity index (χ0n) is 16.0. The summed E-state index contributed by atoms with van der Waals surface area (Å²) in [5, 5.41) is 16.0. The highest BCUT2D eigenvalue weighted by Gasteiger charge is 2.18. The molecule has 0 radical (unpaired) electrons. The Labute approximate surface area is 166 Å². The molecule has 1 saturated heterocycles. The number of halogens is 1. The zero-order valence-corrected chi connectivity index (χ0v) is 16.0. The lowest BCUT2D eigenvalue weighted by molar-refractivity contribution is 0.343. The molecule has 0 spiro atoms. The van der Waals surface area contributed by atoms with E-state index in [-0.39, 0.29) is 5.75 Å². The van der Waals surface area contributed by atoms with Crippen molar-refractivity contribution in [2.45, 2.75) is 18.9 Å². The Morgan fingerprint density at radius 1 is 1.17 bits per heavy atom. The highest BCUT2D eigenvalue weighted by molar-refractivity contribution is 5.94. The monoisotopic (exact) mass is 392 g/mol. The van der Waals surface area contributed by atoms with Crippen LogP contribution in [0, 0.1) is 5.82 Å². The lowest BCUT2D eigenvalue weighted by Crippen LogP contribution is -2.29. The van der Waals surface area contributed by atoms with Crippen LogP contribution >= 0.6 is 0 Å². The van der Waals surface area contributed by atoms with Gasteiger partial charge in [-0.25, -0.2) is 9.37 Å². The first-order valence-corrected chi connectivity index (χ1v) is 9.67. The minimum atomic E-state index is -0.417. The van der Waals surface area contributed by atoms with E-state index in [1.165, 1.54) is 13.2 Å². The number of hydrogen-bond donors (Lipinski definition) is 2. The maximum absolute atomic E-state index is 14.2. The van der Waals surface area contributed by atoms with Gasteiger partial charge in [0.25, 0.3) is 0 Å². The Kier molecular flexibility index (Phi) is 4.48. The number of benzene rings is 1. The highest BCUT2D eigenvalue weighted by Crippen LogP contribution is 2.36. The zero-order chi connectivity index (χ0) is 19.8. The van der Waals surface area contributed by atoms with Crippen LogP contribution in [-0.4, -0.2) is 45.2 Å². The van der Waals surface area contributed by atoms with Crippen LogP contribution in [0.1, 0.15) is 18.9 Å². The van der Waals surface area contributed by atoms with E-state index in [9.17, 15) is 4.39 Å². The number of para-hydroxylation sites is 1. The number of ether oxygens (including phenoxy) is 1. The Morgan fingerprint density at radius 3 is 2.86 bits per heavy atom. The van der Waals surface area contributed by atoms with Crippen LogP contribution in [0.5, 0.6) is 5.75 Å². The van der Waals surface area contributed by atoms with E-state index in [2.05, 4.69) is 31.8 Å². The fourth-order valence-electron chi connectivity index (χ4n) is 3.93. The van der Waals surface area contributed by atoms with E-state index >= 15 is 0 Å². The summed E-state index contributed by atoms with van der Waals surface area (Å²) in [4.78, 5) is 4.48. The molecule has 3 aromatic heterocycles. The van der Waals surface area contributed by atoms with Gasteiger partial charge in [-0.1, -0.05) is 6.07 Å². The van der Waals surface area contributed by atoms with Crippen LogP contribution in [0.15, 0.2) is 42.9 Å². The Hall–Kier alpha value is -3.26. The first kappa shape index (κ1) is 17.8. The first-order chi connectivity index (χ1) is 14.2.